The van der Waals surface area contributed by atoms with E-state index in [4.69, 9.17) is 15.2 Å². The zero-order chi connectivity index (χ0) is 15.4. The number of benzene rings is 3. The zero-order valence-electron chi connectivity index (χ0n) is 12.6. The fourth-order valence-electron chi connectivity index (χ4n) is 2.59. The molecule has 0 unspecified atom stereocenters. The first kappa shape index (κ1) is 14.3. The monoisotopic (exact) mass is 293 g/mol. The van der Waals surface area contributed by atoms with E-state index in [1.165, 1.54) is 16.3 Å². The molecule has 22 heavy (non-hydrogen) atoms. The Labute approximate surface area is 130 Å². The molecule has 0 aliphatic heterocycles. The van der Waals surface area contributed by atoms with E-state index in [1.54, 1.807) is 19.2 Å². The molecule has 3 rings (SSSR count). The van der Waals surface area contributed by atoms with Crippen molar-refractivity contribution < 1.29 is 9.47 Å². The lowest BCUT2D eigenvalue weighted by Crippen LogP contribution is -2.03. The first-order valence-electron chi connectivity index (χ1n) is 7.31. The van der Waals surface area contributed by atoms with Gasteiger partial charge in [-0.25, -0.2) is 0 Å². The second-order valence-corrected chi connectivity index (χ2v) is 5.15. The minimum Gasteiger partial charge on any atom is -0.493 e. The molecule has 0 amide bonds. The molecule has 3 aromatic rings. The number of nitrogens with two attached hydrogens (primary N) is 1. The maximum Gasteiger partial charge on any atom is 0.163 e. The number of fused-ring (bicyclic) bond motifs is 1. The van der Waals surface area contributed by atoms with E-state index in [1.807, 2.05) is 6.07 Å². The van der Waals surface area contributed by atoms with Crippen LogP contribution in [0.3, 0.4) is 0 Å². The van der Waals surface area contributed by atoms with Gasteiger partial charge in [0.2, 0.25) is 0 Å². The summed E-state index contributed by atoms with van der Waals surface area (Å²) in [5.41, 5.74) is 7.75. The van der Waals surface area contributed by atoms with Crippen molar-refractivity contribution in [3.8, 4) is 11.5 Å². The molecule has 0 atom stereocenters. The fourth-order valence-corrected chi connectivity index (χ4v) is 2.59. The summed E-state index contributed by atoms with van der Waals surface area (Å²) in [6.45, 7) is 0.577. The van der Waals surface area contributed by atoms with Crippen LogP contribution in [0.15, 0.2) is 60.7 Å². The van der Waals surface area contributed by atoms with Gasteiger partial charge in [-0.3, -0.25) is 0 Å². The summed E-state index contributed by atoms with van der Waals surface area (Å²) >= 11 is 0. The Morgan fingerprint density at radius 2 is 1.73 bits per heavy atom. The molecule has 0 aliphatic rings. The van der Waals surface area contributed by atoms with Crippen molar-refractivity contribution in [1.29, 1.82) is 0 Å². The van der Waals surface area contributed by atoms with E-state index in [0.29, 0.717) is 23.8 Å². The highest BCUT2D eigenvalue weighted by Gasteiger charge is 2.06. The van der Waals surface area contributed by atoms with Gasteiger partial charge < -0.3 is 15.2 Å². The minimum absolute atomic E-state index is 0.577. The van der Waals surface area contributed by atoms with E-state index in [0.717, 1.165) is 6.42 Å². The average molecular weight is 293 g/mol. The number of nitrogen functional groups attached to an aromatic ring is 1. The molecule has 3 heteroatoms. The molecule has 0 bridgehead atoms. The van der Waals surface area contributed by atoms with Crippen LogP contribution in [0.2, 0.25) is 0 Å². The smallest absolute Gasteiger partial charge is 0.163 e. The van der Waals surface area contributed by atoms with Crippen molar-refractivity contribution in [3.63, 3.8) is 0 Å². The van der Waals surface area contributed by atoms with Crippen LogP contribution in [-0.4, -0.2) is 13.7 Å². The maximum atomic E-state index is 5.86. The van der Waals surface area contributed by atoms with Crippen LogP contribution in [-0.2, 0) is 6.42 Å². The molecule has 2 N–H and O–H groups in total. The van der Waals surface area contributed by atoms with Gasteiger partial charge in [0.25, 0.3) is 0 Å². The van der Waals surface area contributed by atoms with E-state index in [-0.39, 0.29) is 0 Å². The Bertz CT molecular complexity index is 778. The summed E-state index contributed by atoms with van der Waals surface area (Å²) < 4.78 is 11.1. The van der Waals surface area contributed by atoms with E-state index in [9.17, 15) is 0 Å². The summed E-state index contributed by atoms with van der Waals surface area (Å²) in [6.07, 6.45) is 0.833. The van der Waals surface area contributed by atoms with Crippen LogP contribution < -0.4 is 15.2 Å². The van der Waals surface area contributed by atoms with Gasteiger partial charge in [0, 0.05) is 18.2 Å². The van der Waals surface area contributed by atoms with Crippen molar-refractivity contribution >= 4 is 16.5 Å². The van der Waals surface area contributed by atoms with Gasteiger partial charge in [0.15, 0.2) is 11.5 Å². The lowest BCUT2D eigenvalue weighted by Gasteiger charge is -2.12. The number of rotatable bonds is 5. The third-order valence-electron chi connectivity index (χ3n) is 3.70. The Morgan fingerprint density at radius 1 is 0.909 bits per heavy atom. The molecule has 0 heterocycles. The van der Waals surface area contributed by atoms with Gasteiger partial charge in [0.05, 0.1) is 13.7 Å². The van der Waals surface area contributed by atoms with Gasteiger partial charge in [-0.05, 0) is 28.5 Å². The highest BCUT2D eigenvalue weighted by Crippen LogP contribution is 2.29. The van der Waals surface area contributed by atoms with Crippen LogP contribution >= 0.6 is 0 Å². The molecule has 3 aromatic carbocycles. The van der Waals surface area contributed by atoms with Crippen molar-refractivity contribution in [2.75, 3.05) is 19.5 Å². The largest absolute Gasteiger partial charge is 0.493 e. The Morgan fingerprint density at radius 3 is 2.59 bits per heavy atom. The summed E-state index contributed by atoms with van der Waals surface area (Å²) in [7, 11) is 1.63. The highest BCUT2D eigenvalue weighted by molar-refractivity contribution is 5.85. The van der Waals surface area contributed by atoms with Gasteiger partial charge in [-0.1, -0.05) is 42.5 Å². The molecule has 0 saturated carbocycles. The third kappa shape index (κ3) is 2.98. The third-order valence-corrected chi connectivity index (χ3v) is 3.70. The number of anilines is 1. The normalized spacial score (nSPS) is 10.6. The standard InChI is InChI=1S/C19H19NO2/c1-21-18-10-9-16(20)13-19(18)22-12-11-15-7-4-6-14-5-2-3-8-17(14)15/h2-10,13H,11-12,20H2,1H3. The lowest BCUT2D eigenvalue weighted by molar-refractivity contribution is 0.298. The number of methoxy groups -OCH3 is 1. The highest BCUT2D eigenvalue weighted by atomic mass is 16.5. The first-order valence-corrected chi connectivity index (χ1v) is 7.31. The Hall–Kier alpha value is -2.68. The predicted molar refractivity (Wildman–Crippen MR) is 90.6 cm³/mol. The summed E-state index contributed by atoms with van der Waals surface area (Å²) in [5, 5.41) is 2.52. The molecule has 0 saturated heterocycles. The van der Waals surface area contributed by atoms with Gasteiger partial charge in [-0.2, -0.15) is 0 Å². The summed E-state index contributed by atoms with van der Waals surface area (Å²) in [4.78, 5) is 0. The quantitative estimate of drug-likeness (QED) is 0.722. The molecule has 0 radical (unpaired) electrons. The molecule has 0 aromatic heterocycles. The Kier molecular flexibility index (Phi) is 4.15. The van der Waals surface area contributed by atoms with Crippen molar-refractivity contribution in [1.82, 2.24) is 0 Å². The zero-order valence-corrected chi connectivity index (χ0v) is 12.6. The second kappa shape index (κ2) is 6.39. The van der Waals surface area contributed by atoms with Crippen LogP contribution in [0, 0.1) is 0 Å². The lowest BCUT2D eigenvalue weighted by atomic mass is 10.0. The predicted octanol–water partition coefficient (Wildman–Crippen LogP) is 4.05. The second-order valence-electron chi connectivity index (χ2n) is 5.15. The van der Waals surface area contributed by atoms with Gasteiger partial charge in [0.1, 0.15) is 0 Å². The van der Waals surface area contributed by atoms with E-state index < -0.39 is 0 Å². The SMILES string of the molecule is COc1ccc(N)cc1OCCc1cccc2ccccc12. The van der Waals surface area contributed by atoms with Crippen molar-refractivity contribution in [3.05, 3.63) is 66.2 Å². The molecular formula is C19H19NO2. The summed E-state index contributed by atoms with van der Waals surface area (Å²) in [6, 6.07) is 20.2. The molecular weight excluding hydrogens is 274 g/mol. The minimum atomic E-state index is 0.577. The van der Waals surface area contributed by atoms with Crippen molar-refractivity contribution in [2.45, 2.75) is 6.42 Å². The van der Waals surface area contributed by atoms with Crippen molar-refractivity contribution in [2.24, 2.45) is 0 Å². The topological polar surface area (TPSA) is 44.5 Å². The molecule has 0 aliphatic carbocycles. The van der Waals surface area contributed by atoms with E-state index >= 15 is 0 Å². The summed E-state index contributed by atoms with van der Waals surface area (Å²) in [5.74, 6) is 1.38. The number of hydrogen-bond acceptors (Lipinski definition) is 3. The van der Waals surface area contributed by atoms with E-state index in [2.05, 4.69) is 42.5 Å². The van der Waals surface area contributed by atoms with Crippen LogP contribution in [0.25, 0.3) is 10.8 Å². The van der Waals surface area contributed by atoms with Gasteiger partial charge >= 0.3 is 0 Å². The maximum absolute atomic E-state index is 5.86. The molecule has 0 fully saturated rings. The fraction of sp³-hybridized carbons (Fsp3) is 0.158. The molecule has 112 valence electrons. The molecule has 0 spiro atoms. The van der Waals surface area contributed by atoms with Crippen LogP contribution in [0.5, 0.6) is 11.5 Å². The van der Waals surface area contributed by atoms with Crippen LogP contribution in [0.1, 0.15) is 5.56 Å². The van der Waals surface area contributed by atoms with Crippen LogP contribution in [0.4, 0.5) is 5.69 Å². The average Bonchev–Trinajstić information content (AvgIpc) is 2.55. The Balaban J connectivity index is 1.74. The van der Waals surface area contributed by atoms with Gasteiger partial charge in [-0.15, -0.1) is 0 Å². The number of hydrogen-bond donors (Lipinski definition) is 1. The molecule has 3 nitrogen and oxygen atoms in total. The number of ether oxygens (including phenoxy) is 2. The first-order chi connectivity index (χ1) is 10.8.